The highest BCUT2D eigenvalue weighted by Gasteiger charge is 2.58. The van der Waals surface area contributed by atoms with Gasteiger partial charge in [0.2, 0.25) is 0 Å². The predicted molar refractivity (Wildman–Crippen MR) is 117 cm³/mol. The third kappa shape index (κ3) is 14.0. The third-order valence-electron chi connectivity index (χ3n) is 3.71. The number of phosphoric ester groups is 1. The monoisotopic (exact) mass is 560 g/mol. The summed E-state index contributed by atoms with van der Waals surface area (Å²) < 4.78 is 51.9. The molecule has 0 heterocycles. The van der Waals surface area contributed by atoms with Crippen LogP contribution >= 0.6 is 23.0 Å². The van der Waals surface area contributed by atoms with Gasteiger partial charge in [0, 0.05) is 12.8 Å². The lowest BCUT2D eigenvalue weighted by molar-refractivity contribution is -0.160. The topological polar surface area (TPSA) is 244 Å². The van der Waals surface area contributed by atoms with E-state index in [0.29, 0.717) is 6.42 Å². The highest BCUT2D eigenvalue weighted by atomic mass is 31.2. The van der Waals surface area contributed by atoms with Gasteiger partial charge in [-0.15, -0.1) is 0 Å². The minimum atomic E-state index is -5.23. The van der Waals surface area contributed by atoms with Crippen LogP contribution in [-0.4, -0.2) is 72.5 Å². The van der Waals surface area contributed by atoms with Crippen molar-refractivity contribution in [3.05, 3.63) is 0 Å². The van der Waals surface area contributed by atoms with E-state index in [4.69, 9.17) is 38.7 Å². The van der Waals surface area contributed by atoms with Crippen molar-refractivity contribution in [2.45, 2.75) is 71.0 Å². The van der Waals surface area contributed by atoms with Gasteiger partial charge in [0.15, 0.2) is 6.10 Å². The number of carbonyl (C=O) groups is 2. The summed E-state index contributed by atoms with van der Waals surface area (Å²) in [7, 11) is -14.7. The van der Waals surface area contributed by atoms with Gasteiger partial charge in [-0.25, -0.2) is 4.57 Å². The van der Waals surface area contributed by atoms with E-state index in [2.05, 4.69) is 4.52 Å². The van der Waals surface area contributed by atoms with Crippen LogP contribution < -0.4 is 0 Å². The lowest BCUT2D eigenvalue weighted by Gasteiger charge is -2.28. The van der Waals surface area contributed by atoms with Crippen molar-refractivity contribution >= 4 is 35.0 Å². The van der Waals surface area contributed by atoms with E-state index in [1.807, 2.05) is 0 Å². The maximum atomic E-state index is 11.5. The highest BCUT2D eigenvalue weighted by molar-refractivity contribution is 7.72. The van der Waals surface area contributed by atoms with Gasteiger partial charge < -0.3 is 39.0 Å². The molecule has 0 aromatic heterocycles. The Bertz CT molecular complexity index is 737. The average Bonchev–Trinajstić information content (AvgIpc) is 2.72. The Hall–Kier alpha value is -0.690. The van der Waals surface area contributed by atoms with Gasteiger partial charge in [0.05, 0.1) is 13.2 Å². The molecule has 15 nitrogen and oxygen atoms in total. The fourth-order valence-electron chi connectivity index (χ4n) is 1.89. The summed E-state index contributed by atoms with van der Waals surface area (Å²) in [6, 6.07) is 0. The van der Waals surface area contributed by atoms with Gasteiger partial charge in [-0.1, -0.05) is 34.1 Å². The Morgan fingerprint density at radius 3 is 1.65 bits per heavy atom. The number of hydrogen-bond donors (Lipinski definition) is 6. The van der Waals surface area contributed by atoms with Crippen molar-refractivity contribution in [1.82, 2.24) is 0 Å². The Morgan fingerprint density at radius 2 is 1.29 bits per heavy atom. The molecule has 0 saturated heterocycles. The van der Waals surface area contributed by atoms with E-state index in [0.717, 1.165) is 0 Å². The van der Waals surface area contributed by atoms with Gasteiger partial charge in [-0.05, 0) is 12.8 Å². The first-order valence-electron chi connectivity index (χ1n) is 10.2. The summed E-state index contributed by atoms with van der Waals surface area (Å²) in [5.74, 6) is -1.000. The molecule has 34 heavy (non-hydrogen) atoms. The van der Waals surface area contributed by atoms with Crippen molar-refractivity contribution in [3.63, 3.8) is 0 Å². The van der Waals surface area contributed by atoms with Crippen LogP contribution in [0.15, 0.2) is 0 Å². The zero-order chi connectivity index (χ0) is 27.2. The first-order valence-corrected chi connectivity index (χ1v) is 14.9. The van der Waals surface area contributed by atoms with Gasteiger partial charge in [-0.3, -0.25) is 27.8 Å². The Labute approximate surface area is 197 Å². The van der Waals surface area contributed by atoms with Crippen LogP contribution in [0.4, 0.5) is 0 Å². The molecule has 0 radical (unpaired) electrons. The molecule has 0 aliphatic carbocycles. The first kappa shape index (κ1) is 35.5. The Balaban J connectivity index is 0. The van der Waals surface area contributed by atoms with Crippen LogP contribution in [0.25, 0.3) is 0 Å². The summed E-state index contributed by atoms with van der Waals surface area (Å²) in [5, 5.41) is 5.92. The van der Waals surface area contributed by atoms with E-state index in [-0.39, 0.29) is 32.5 Å². The van der Waals surface area contributed by atoms with Crippen LogP contribution in [0, 0.1) is 0 Å². The molecule has 0 spiro atoms. The van der Waals surface area contributed by atoms with Gasteiger partial charge in [0.1, 0.15) is 6.61 Å². The fraction of sp³-hybridized carbons (Fsp3) is 0.875. The molecule has 2 atom stereocenters. The quantitative estimate of drug-likeness (QED) is 0.123. The zero-order valence-corrected chi connectivity index (χ0v) is 22.1. The smallest absolute Gasteiger partial charge is 0.462 e. The summed E-state index contributed by atoms with van der Waals surface area (Å²) >= 11 is 0. The highest BCUT2D eigenvalue weighted by Crippen LogP contribution is 2.69. The van der Waals surface area contributed by atoms with Crippen molar-refractivity contribution in [2.75, 3.05) is 19.8 Å². The van der Waals surface area contributed by atoms with E-state index < -0.39 is 59.2 Å². The summed E-state index contributed by atoms with van der Waals surface area (Å²) in [6.45, 7) is 5.85. The molecule has 0 aliphatic rings. The second-order valence-corrected chi connectivity index (χ2v) is 12.2. The van der Waals surface area contributed by atoms with Crippen LogP contribution in [0.1, 0.15) is 59.8 Å². The molecule has 18 heteroatoms. The number of aliphatic hydroxyl groups is 1. The number of hydrogen-bond acceptors (Lipinski definition) is 10. The zero-order valence-electron chi connectivity index (χ0n) is 19.4. The Kier molecular flexibility index (Phi) is 16.8. The van der Waals surface area contributed by atoms with Gasteiger partial charge in [0.25, 0.3) is 5.08 Å². The molecular formula is C16H35O15P3. The lowest BCUT2D eigenvalue weighted by Crippen LogP contribution is -2.29. The maximum Gasteiger partial charge on any atom is 0.472 e. The number of phosphoric acid groups is 1. The third-order valence-corrected chi connectivity index (χ3v) is 8.57. The second-order valence-electron chi connectivity index (χ2n) is 6.71. The molecule has 0 saturated carbocycles. The summed E-state index contributed by atoms with van der Waals surface area (Å²) in [6.07, 6.45) is -0.710. The molecule has 0 bridgehead atoms. The van der Waals surface area contributed by atoms with Crippen LogP contribution in [0.5, 0.6) is 0 Å². The summed E-state index contributed by atoms with van der Waals surface area (Å²) in [5.41, 5.74) is 0. The molecule has 0 aromatic rings. The fourth-order valence-corrected chi connectivity index (χ4v) is 5.12. The van der Waals surface area contributed by atoms with Crippen LogP contribution in [0.3, 0.4) is 0 Å². The Morgan fingerprint density at radius 1 is 0.794 bits per heavy atom. The lowest BCUT2D eigenvalue weighted by atomic mass is 10.3. The van der Waals surface area contributed by atoms with Crippen molar-refractivity contribution in [1.29, 1.82) is 0 Å². The molecule has 0 rings (SSSR count). The van der Waals surface area contributed by atoms with E-state index >= 15 is 0 Å². The minimum absolute atomic E-state index is 0.0483. The molecular weight excluding hydrogens is 525 g/mol. The van der Waals surface area contributed by atoms with Crippen molar-refractivity contribution in [3.8, 4) is 0 Å². The van der Waals surface area contributed by atoms with E-state index in [1.54, 1.807) is 20.8 Å². The van der Waals surface area contributed by atoms with Crippen molar-refractivity contribution < 1.29 is 71.4 Å². The SMILES string of the molecule is CCCC(O)(P(=O)(O)O)P(=O)(O)O.CCCOP(=O)(O)OCC(COC(=O)CC)OC(=O)CC. The first-order chi connectivity index (χ1) is 15.4. The molecule has 204 valence electrons. The molecule has 0 aromatic carbocycles. The van der Waals surface area contributed by atoms with Crippen molar-refractivity contribution in [2.24, 2.45) is 0 Å². The molecule has 0 aliphatic heterocycles. The number of rotatable bonds is 15. The maximum absolute atomic E-state index is 11.5. The van der Waals surface area contributed by atoms with Gasteiger partial charge in [-0.2, -0.15) is 0 Å². The minimum Gasteiger partial charge on any atom is -0.462 e. The predicted octanol–water partition coefficient (Wildman–Crippen LogP) is 1.59. The molecule has 0 fully saturated rings. The van der Waals surface area contributed by atoms with Crippen LogP contribution in [-0.2, 0) is 41.8 Å². The second kappa shape index (κ2) is 16.1. The molecule has 0 amide bonds. The van der Waals surface area contributed by atoms with E-state index in [9.17, 15) is 28.2 Å². The molecule has 2 unspecified atom stereocenters. The van der Waals surface area contributed by atoms with E-state index in [1.165, 1.54) is 6.92 Å². The normalized spacial score (nSPS) is 14.9. The number of ether oxygens (including phenoxy) is 2. The number of esters is 2. The standard InChI is InChI=1S/C12H23O8P.C4H12O7P2/c1-4-7-18-21(15,16)19-9-10(20-12(14)6-3)8-17-11(13)5-2;1-2-3-4(5,12(6,7)8)13(9,10)11/h10H,4-9H2,1-3H3,(H,15,16);5H,2-3H2,1H3,(H2,6,7,8)(H2,9,10,11). The summed E-state index contributed by atoms with van der Waals surface area (Å²) in [4.78, 5) is 66.0. The van der Waals surface area contributed by atoms with Crippen LogP contribution in [0.2, 0.25) is 0 Å². The number of carbonyl (C=O) groups excluding carboxylic acids is 2. The van der Waals surface area contributed by atoms with Gasteiger partial charge >= 0.3 is 35.0 Å². The largest absolute Gasteiger partial charge is 0.472 e. The average molecular weight is 560 g/mol. The molecule has 6 N–H and O–H groups in total.